The Morgan fingerprint density at radius 2 is 1.54 bits per heavy atom. The van der Waals surface area contributed by atoms with E-state index in [-0.39, 0.29) is 0 Å². The molecule has 120 valence electrons. The molecule has 0 aliphatic carbocycles. The van der Waals surface area contributed by atoms with Crippen molar-refractivity contribution in [3.8, 4) is 0 Å². The Kier molecular flexibility index (Phi) is 3.94. The zero-order chi connectivity index (χ0) is 17.1. The van der Waals surface area contributed by atoms with Crippen LogP contribution in [0, 0.1) is 0 Å². The number of benzene rings is 2. The van der Waals surface area contributed by atoms with Gasteiger partial charge in [-0.1, -0.05) is 0 Å². The summed E-state index contributed by atoms with van der Waals surface area (Å²) in [6, 6.07) is 11.0. The van der Waals surface area contributed by atoms with Gasteiger partial charge in [-0.05, 0) is 42.5 Å². The third-order valence-electron chi connectivity index (χ3n) is 3.33. The Bertz CT molecular complexity index is 930. The van der Waals surface area contributed by atoms with E-state index >= 15 is 0 Å². The number of nitrogens with one attached hydrogen (secondary N) is 3. The second kappa shape index (κ2) is 6.21. The number of nitrogens with zero attached hydrogens (tertiary/aromatic N) is 1. The summed E-state index contributed by atoms with van der Waals surface area (Å²) in [6.07, 6.45) is 1.66. The first kappa shape index (κ1) is 15.2. The minimum absolute atomic E-state index is 0.310. The fourth-order valence-corrected chi connectivity index (χ4v) is 2.11. The second-order valence-electron chi connectivity index (χ2n) is 5.02. The normalized spacial score (nSPS) is 10.3. The standard InChI is InChI=1S/C16H13N5O3/c17-14(22)9-1-4-11(5-2-9)19-15(23)16(24)20-12-6-3-10-8-18-21-13(10)7-12/h1-8H,(H2,17,22)(H,18,21)(H,19,23)(H,20,24). The van der Waals surface area contributed by atoms with Gasteiger partial charge in [-0.15, -0.1) is 0 Å². The summed E-state index contributed by atoms with van der Waals surface area (Å²) in [4.78, 5) is 34.8. The number of H-pyrrole nitrogens is 1. The van der Waals surface area contributed by atoms with Crippen LogP contribution in [0.3, 0.4) is 0 Å². The number of rotatable bonds is 3. The lowest BCUT2D eigenvalue weighted by molar-refractivity contribution is -0.132. The number of hydrogen-bond donors (Lipinski definition) is 4. The summed E-state index contributed by atoms with van der Waals surface area (Å²) >= 11 is 0. The van der Waals surface area contributed by atoms with Crippen LogP contribution in [0.2, 0.25) is 0 Å². The zero-order valence-electron chi connectivity index (χ0n) is 12.4. The summed E-state index contributed by atoms with van der Waals surface area (Å²) in [5.74, 6) is -2.21. The molecule has 5 N–H and O–H groups in total. The van der Waals surface area contributed by atoms with Crippen molar-refractivity contribution in [2.24, 2.45) is 5.73 Å². The topological polar surface area (TPSA) is 130 Å². The number of aromatic nitrogens is 2. The highest BCUT2D eigenvalue weighted by molar-refractivity contribution is 6.43. The fraction of sp³-hybridized carbons (Fsp3) is 0. The number of primary amides is 1. The van der Waals surface area contributed by atoms with Gasteiger partial charge in [0.15, 0.2) is 0 Å². The highest BCUT2D eigenvalue weighted by atomic mass is 16.2. The minimum Gasteiger partial charge on any atom is -0.366 e. The molecule has 3 amide bonds. The minimum atomic E-state index is -0.827. The van der Waals surface area contributed by atoms with Crippen molar-refractivity contribution in [2.75, 3.05) is 10.6 Å². The Balaban J connectivity index is 1.65. The lowest BCUT2D eigenvalue weighted by Crippen LogP contribution is -2.29. The predicted octanol–water partition coefficient (Wildman–Crippen LogP) is 1.24. The van der Waals surface area contributed by atoms with E-state index in [9.17, 15) is 14.4 Å². The first-order valence-electron chi connectivity index (χ1n) is 6.98. The average molecular weight is 323 g/mol. The number of amides is 3. The summed E-state index contributed by atoms with van der Waals surface area (Å²) in [5, 5.41) is 12.5. The van der Waals surface area contributed by atoms with Crippen LogP contribution >= 0.6 is 0 Å². The van der Waals surface area contributed by atoms with Crippen LogP contribution in [0.5, 0.6) is 0 Å². The lowest BCUT2D eigenvalue weighted by Gasteiger charge is -2.07. The molecule has 3 rings (SSSR count). The van der Waals surface area contributed by atoms with Gasteiger partial charge in [0, 0.05) is 22.3 Å². The van der Waals surface area contributed by atoms with E-state index < -0.39 is 17.7 Å². The molecule has 0 fully saturated rings. The van der Waals surface area contributed by atoms with E-state index in [0.29, 0.717) is 16.9 Å². The molecular weight excluding hydrogens is 310 g/mol. The smallest absolute Gasteiger partial charge is 0.314 e. The van der Waals surface area contributed by atoms with E-state index in [1.165, 1.54) is 24.3 Å². The Labute approximate surface area is 136 Å². The van der Waals surface area contributed by atoms with Crippen molar-refractivity contribution in [1.29, 1.82) is 0 Å². The highest BCUT2D eigenvalue weighted by Gasteiger charge is 2.14. The molecule has 1 aromatic heterocycles. The Morgan fingerprint density at radius 3 is 2.21 bits per heavy atom. The average Bonchev–Trinajstić information content (AvgIpc) is 3.03. The van der Waals surface area contributed by atoms with Gasteiger partial charge in [0.25, 0.3) is 0 Å². The first-order chi connectivity index (χ1) is 11.5. The van der Waals surface area contributed by atoms with Gasteiger partial charge in [0.05, 0.1) is 11.7 Å². The van der Waals surface area contributed by atoms with Gasteiger partial charge >= 0.3 is 11.8 Å². The molecule has 0 unspecified atom stereocenters. The molecule has 0 spiro atoms. The molecule has 8 heteroatoms. The molecule has 24 heavy (non-hydrogen) atoms. The van der Waals surface area contributed by atoms with E-state index in [0.717, 1.165) is 10.9 Å². The third kappa shape index (κ3) is 3.22. The molecule has 0 radical (unpaired) electrons. The van der Waals surface area contributed by atoms with E-state index in [1.807, 2.05) is 0 Å². The predicted molar refractivity (Wildman–Crippen MR) is 88.3 cm³/mol. The van der Waals surface area contributed by atoms with Crippen molar-refractivity contribution in [2.45, 2.75) is 0 Å². The largest absolute Gasteiger partial charge is 0.366 e. The SMILES string of the molecule is NC(=O)c1ccc(NC(=O)C(=O)Nc2ccc3cn[nH]c3c2)cc1. The highest BCUT2D eigenvalue weighted by Crippen LogP contribution is 2.16. The molecule has 3 aromatic rings. The Hall–Kier alpha value is -3.68. The number of carbonyl (C=O) groups is 3. The third-order valence-corrected chi connectivity index (χ3v) is 3.33. The van der Waals surface area contributed by atoms with Gasteiger partial charge in [0.2, 0.25) is 5.91 Å². The summed E-state index contributed by atoms with van der Waals surface area (Å²) in [5.41, 5.74) is 7.04. The van der Waals surface area contributed by atoms with E-state index in [2.05, 4.69) is 20.8 Å². The maximum atomic E-state index is 11.9. The van der Waals surface area contributed by atoms with Gasteiger partial charge < -0.3 is 16.4 Å². The number of hydrogen-bond acceptors (Lipinski definition) is 4. The summed E-state index contributed by atoms with van der Waals surface area (Å²) < 4.78 is 0. The Morgan fingerprint density at radius 1 is 0.917 bits per heavy atom. The second-order valence-corrected chi connectivity index (χ2v) is 5.02. The molecule has 0 aliphatic rings. The van der Waals surface area contributed by atoms with Gasteiger partial charge in [-0.3, -0.25) is 19.5 Å². The number of aromatic amines is 1. The van der Waals surface area contributed by atoms with Gasteiger partial charge in [-0.2, -0.15) is 5.10 Å². The molecule has 0 saturated heterocycles. The number of nitrogens with two attached hydrogens (primary N) is 1. The molecule has 2 aromatic carbocycles. The van der Waals surface area contributed by atoms with Crippen LogP contribution in [0.1, 0.15) is 10.4 Å². The summed E-state index contributed by atoms with van der Waals surface area (Å²) in [6.45, 7) is 0. The molecule has 0 saturated carbocycles. The van der Waals surface area contributed by atoms with Gasteiger partial charge in [-0.25, -0.2) is 0 Å². The molecule has 8 nitrogen and oxygen atoms in total. The number of fused-ring (bicyclic) bond motifs is 1. The van der Waals surface area contributed by atoms with Crippen LogP contribution in [0.4, 0.5) is 11.4 Å². The van der Waals surface area contributed by atoms with Crippen LogP contribution in [-0.2, 0) is 9.59 Å². The van der Waals surface area contributed by atoms with Crippen molar-refractivity contribution in [1.82, 2.24) is 10.2 Å². The molecule has 0 bridgehead atoms. The first-order valence-corrected chi connectivity index (χ1v) is 6.98. The van der Waals surface area contributed by atoms with Crippen LogP contribution in [0.15, 0.2) is 48.7 Å². The monoisotopic (exact) mass is 323 g/mol. The lowest BCUT2D eigenvalue weighted by atomic mass is 10.2. The molecular formula is C16H13N5O3. The maximum Gasteiger partial charge on any atom is 0.314 e. The van der Waals surface area contributed by atoms with Crippen LogP contribution < -0.4 is 16.4 Å². The number of anilines is 2. The van der Waals surface area contributed by atoms with E-state index in [4.69, 9.17) is 5.73 Å². The van der Waals surface area contributed by atoms with Crippen molar-refractivity contribution in [3.63, 3.8) is 0 Å². The molecule has 1 heterocycles. The quantitative estimate of drug-likeness (QED) is 0.540. The zero-order valence-corrected chi connectivity index (χ0v) is 12.4. The van der Waals surface area contributed by atoms with Crippen molar-refractivity contribution < 1.29 is 14.4 Å². The maximum absolute atomic E-state index is 11.9. The van der Waals surface area contributed by atoms with Crippen molar-refractivity contribution >= 4 is 40.0 Å². The molecule has 0 aliphatic heterocycles. The summed E-state index contributed by atoms with van der Waals surface area (Å²) in [7, 11) is 0. The van der Waals surface area contributed by atoms with E-state index in [1.54, 1.807) is 24.4 Å². The number of carbonyl (C=O) groups excluding carboxylic acids is 3. The van der Waals surface area contributed by atoms with Crippen LogP contribution in [0.25, 0.3) is 10.9 Å². The van der Waals surface area contributed by atoms with Crippen molar-refractivity contribution in [3.05, 3.63) is 54.2 Å². The van der Waals surface area contributed by atoms with Crippen LogP contribution in [-0.4, -0.2) is 27.9 Å². The molecule has 0 atom stereocenters. The van der Waals surface area contributed by atoms with Gasteiger partial charge in [0.1, 0.15) is 0 Å². The fourth-order valence-electron chi connectivity index (χ4n) is 2.11.